The smallest absolute Gasteiger partial charge is 0.323 e. The standard InChI is InChI=1S/C20H24FN3O3/c21-15-5-7-16(8-6-15)23-12-14(11-17(23)25)13-24-18(26)20(22-19(24)27)9-3-1-2-4-10-20/h5-8,14H,1-4,9-13H2,(H,22,27). The average molecular weight is 373 g/mol. The average Bonchev–Trinajstić information content (AvgIpc) is 2.98. The van der Waals surface area contributed by atoms with Crippen LogP contribution in [0.15, 0.2) is 24.3 Å². The number of halogens is 1. The van der Waals surface area contributed by atoms with Gasteiger partial charge in [-0.2, -0.15) is 0 Å². The summed E-state index contributed by atoms with van der Waals surface area (Å²) in [7, 11) is 0. The number of hydrogen-bond acceptors (Lipinski definition) is 3. The molecule has 27 heavy (non-hydrogen) atoms. The van der Waals surface area contributed by atoms with E-state index < -0.39 is 5.54 Å². The fourth-order valence-electron chi connectivity index (χ4n) is 4.55. The van der Waals surface area contributed by atoms with Gasteiger partial charge in [-0.15, -0.1) is 0 Å². The molecular weight excluding hydrogens is 349 g/mol. The molecule has 1 aromatic rings. The first-order valence-corrected chi connectivity index (χ1v) is 9.69. The molecule has 0 bridgehead atoms. The van der Waals surface area contributed by atoms with Crippen LogP contribution in [-0.2, 0) is 9.59 Å². The van der Waals surface area contributed by atoms with Gasteiger partial charge in [-0.05, 0) is 37.1 Å². The zero-order chi connectivity index (χ0) is 19.0. The van der Waals surface area contributed by atoms with Gasteiger partial charge in [0.1, 0.15) is 11.4 Å². The van der Waals surface area contributed by atoms with Gasteiger partial charge in [0.05, 0.1) is 0 Å². The van der Waals surface area contributed by atoms with Crippen molar-refractivity contribution in [2.45, 2.75) is 50.5 Å². The molecule has 4 rings (SSSR count). The topological polar surface area (TPSA) is 69.7 Å². The molecule has 0 aromatic heterocycles. The van der Waals surface area contributed by atoms with Crippen molar-refractivity contribution < 1.29 is 18.8 Å². The zero-order valence-corrected chi connectivity index (χ0v) is 15.2. The third-order valence-electron chi connectivity index (χ3n) is 5.99. The molecule has 1 atom stereocenters. The van der Waals surface area contributed by atoms with E-state index in [0.717, 1.165) is 25.7 Å². The Hall–Kier alpha value is -2.44. The molecule has 2 aliphatic heterocycles. The van der Waals surface area contributed by atoms with Crippen LogP contribution in [0.1, 0.15) is 44.9 Å². The van der Waals surface area contributed by atoms with Gasteiger partial charge in [0.15, 0.2) is 0 Å². The number of nitrogens with zero attached hydrogens (tertiary/aromatic N) is 2. The molecule has 1 spiro atoms. The first-order chi connectivity index (χ1) is 13.0. The van der Waals surface area contributed by atoms with E-state index in [1.807, 2.05) is 0 Å². The Labute approximate surface area is 157 Å². The SMILES string of the molecule is O=C1NC2(CCCCCC2)C(=O)N1CC1CC(=O)N(c2ccc(F)cc2)C1. The van der Waals surface area contributed by atoms with Crippen LogP contribution in [0.2, 0.25) is 0 Å². The number of urea groups is 1. The van der Waals surface area contributed by atoms with Gasteiger partial charge < -0.3 is 10.2 Å². The number of hydrogen-bond donors (Lipinski definition) is 1. The molecule has 2 heterocycles. The Bertz CT molecular complexity index is 756. The quantitative estimate of drug-likeness (QED) is 0.829. The highest BCUT2D eigenvalue weighted by Gasteiger charge is 2.51. The van der Waals surface area contributed by atoms with Gasteiger partial charge in [0, 0.05) is 31.1 Å². The van der Waals surface area contributed by atoms with Crippen molar-refractivity contribution in [3.8, 4) is 0 Å². The van der Waals surface area contributed by atoms with E-state index >= 15 is 0 Å². The Morgan fingerprint density at radius 1 is 1.04 bits per heavy atom. The van der Waals surface area contributed by atoms with E-state index in [1.165, 1.54) is 17.0 Å². The van der Waals surface area contributed by atoms with Crippen molar-refractivity contribution in [2.24, 2.45) is 5.92 Å². The summed E-state index contributed by atoms with van der Waals surface area (Å²) in [4.78, 5) is 40.8. The van der Waals surface area contributed by atoms with E-state index in [1.54, 1.807) is 17.0 Å². The fourth-order valence-corrected chi connectivity index (χ4v) is 4.55. The number of nitrogens with one attached hydrogen (secondary N) is 1. The van der Waals surface area contributed by atoms with Crippen LogP contribution in [0.25, 0.3) is 0 Å². The lowest BCUT2D eigenvalue weighted by Crippen LogP contribution is -2.46. The summed E-state index contributed by atoms with van der Waals surface area (Å²) in [6, 6.07) is 5.45. The summed E-state index contributed by atoms with van der Waals surface area (Å²) in [5.41, 5.74) is -0.103. The number of carbonyl (C=O) groups excluding carboxylic acids is 3. The summed E-state index contributed by atoms with van der Waals surface area (Å²) in [6.45, 7) is 0.671. The van der Waals surface area contributed by atoms with Crippen molar-refractivity contribution >= 4 is 23.5 Å². The minimum Gasteiger partial charge on any atom is -0.323 e. The second-order valence-electron chi connectivity index (χ2n) is 7.89. The van der Waals surface area contributed by atoms with Crippen LogP contribution in [0, 0.1) is 11.7 Å². The lowest BCUT2D eigenvalue weighted by molar-refractivity contribution is -0.132. The van der Waals surface area contributed by atoms with Gasteiger partial charge in [-0.1, -0.05) is 25.7 Å². The van der Waals surface area contributed by atoms with Crippen molar-refractivity contribution in [2.75, 3.05) is 18.0 Å². The number of amides is 4. The maximum atomic E-state index is 13.1. The maximum Gasteiger partial charge on any atom is 0.325 e. The van der Waals surface area contributed by atoms with Crippen LogP contribution in [0.3, 0.4) is 0 Å². The highest BCUT2D eigenvalue weighted by Crippen LogP contribution is 2.34. The van der Waals surface area contributed by atoms with Gasteiger partial charge in [-0.3, -0.25) is 14.5 Å². The number of imide groups is 1. The largest absolute Gasteiger partial charge is 0.325 e. The monoisotopic (exact) mass is 373 g/mol. The molecule has 2 saturated heterocycles. The Balaban J connectivity index is 1.45. The van der Waals surface area contributed by atoms with E-state index in [2.05, 4.69) is 5.32 Å². The van der Waals surface area contributed by atoms with Crippen LogP contribution < -0.4 is 10.2 Å². The van der Waals surface area contributed by atoms with Gasteiger partial charge in [-0.25, -0.2) is 9.18 Å². The van der Waals surface area contributed by atoms with E-state index in [0.29, 0.717) is 25.1 Å². The highest BCUT2D eigenvalue weighted by atomic mass is 19.1. The fraction of sp³-hybridized carbons (Fsp3) is 0.550. The molecule has 1 unspecified atom stereocenters. The first-order valence-electron chi connectivity index (χ1n) is 9.69. The molecule has 4 amide bonds. The lowest BCUT2D eigenvalue weighted by Gasteiger charge is -2.25. The van der Waals surface area contributed by atoms with Crippen molar-refractivity contribution in [1.29, 1.82) is 0 Å². The Kier molecular flexibility index (Phi) is 4.61. The minimum atomic E-state index is -0.743. The maximum absolute atomic E-state index is 13.1. The van der Waals surface area contributed by atoms with Crippen molar-refractivity contribution in [3.63, 3.8) is 0 Å². The summed E-state index contributed by atoms with van der Waals surface area (Å²) in [6.07, 6.45) is 5.74. The van der Waals surface area contributed by atoms with Gasteiger partial charge in [0.25, 0.3) is 5.91 Å². The van der Waals surface area contributed by atoms with Crippen LogP contribution >= 0.6 is 0 Å². The normalized spacial score (nSPS) is 25.2. The molecule has 1 N–H and O–H groups in total. The van der Waals surface area contributed by atoms with Gasteiger partial charge >= 0.3 is 6.03 Å². The zero-order valence-electron chi connectivity index (χ0n) is 15.2. The number of benzene rings is 1. The van der Waals surface area contributed by atoms with Crippen molar-refractivity contribution in [1.82, 2.24) is 10.2 Å². The summed E-state index contributed by atoms with van der Waals surface area (Å²) in [5.74, 6) is -0.668. The molecule has 0 radical (unpaired) electrons. The second-order valence-corrected chi connectivity index (χ2v) is 7.89. The predicted molar refractivity (Wildman–Crippen MR) is 97.5 cm³/mol. The Morgan fingerprint density at radius 2 is 1.70 bits per heavy atom. The summed E-state index contributed by atoms with van der Waals surface area (Å²) >= 11 is 0. The second kappa shape index (κ2) is 6.94. The van der Waals surface area contributed by atoms with Gasteiger partial charge in [0.2, 0.25) is 5.91 Å². The molecule has 1 aliphatic carbocycles. The third-order valence-corrected chi connectivity index (χ3v) is 5.99. The summed E-state index contributed by atoms with van der Waals surface area (Å²) < 4.78 is 13.1. The Morgan fingerprint density at radius 3 is 2.37 bits per heavy atom. The molecule has 7 heteroatoms. The molecule has 6 nitrogen and oxygen atoms in total. The first kappa shape index (κ1) is 17.9. The van der Waals surface area contributed by atoms with E-state index in [4.69, 9.17) is 0 Å². The molecule has 3 fully saturated rings. The minimum absolute atomic E-state index is 0.0668. The number of anilines is 1. The van der Waals surface area contributed by atoms with Crippen molar-refractivity contribution in [3.05, 3.63) is 30.1 Å². The summed E-state index contributed by atoms with van der Waals surface area (Å²) in [5, 5.41) is 2.94. The van der Waals surface area contributed by atoms with E-state index in [9.17, 15) is 18.8 Å². The molecule has 3 aliphatic rings. The van der Waals surface area contributed by atoms with Crippen LogP contribution in [0.4, 0.5) is 14.9 Å². The van der Waals surface area contributed by atoms with Crippen LogP contribution in [-0.4, -0.2) is 41.4 Å². The molecule has 1 saturated carbocycles. The molecular formula is C20H24FN3O3. The number of rotatable bonds is 3. The number of carbonyl (C=O) groups is 3. The lowest BCUT2D eigenvalue weighted by atomic mass is 9.90. The van der Waals surface area contributed by atoms with E-state index in [-0.39, 0.29) is 42.5 Å². The predicted octanol–water partition coefficient (Wildman–Crippen LogP) is 2.82. The molecule has 1 aromatic carbocycles. The molecule has 144 valence electrons. The third kappa shape index (κ3) is 3.31. The van der Waals surface area contributed by atoms with Crippen LogP contribution in [0.5, 0.6) is 0 Å². The highest BCUT2D eigenvalue weighted by molar-refractivity contribution is 6.07.